The Kier molecular flexibility index (Phi) is 4.49. The summed E-state index contributed by atoms with van der Waals surface area (Å²) in [5.41, 5.74) is 7.79. The minimum absolute atomic E-state index is 0.334. The molecule has 0 fully saturated rings. The zero-order valence-corrected chi connectivity index (χ0v) is 15.7. The van der Waals surface area contributed by atoms with Gasteiger partial charge in [0.15, 0.2) is 5.65 Å². The molecule has 2 N–H and O–H groups in total. The highest BCUT2D eigenvalue weighted by Crippen LogP contribution is 2.22. The minimum atomic E-state index is -0.334. The Hall–Kier alpha value is -2.63. The number of hydrogen-bond donors (Lipinski definition) is 1. The molecule has 8 nitrogen and oxygen atoms in total. The van der Waals surface area contributed by atoms with E-state index in [1.165, 1.54) is 17.1 Å². The van der Waals surface area contributed by atoms with Gasteiger partial charge in [0, 0.05) is 6.54 Å². The molecule has 3 heterocycles. The Morgan fingerprint density at radius 1 is 1.19 bits per heavy atom. The first-order valence-corrected chi connectivity index (χ1v) is 9.00. The van der Waals surface area contributed by atoms with Crippen molar-refractivity contribution in [2.24, 2.45) is 0 Å². The van der Waals surface area contributed by atoms with Crippen molar-refractivity contribution >= 4 is 39.4 Å². The van der Waals surface area contributed by atoms with E-state index in [2.05, 4.69) is 48.0 Å². The van der Waals surface area contributed by atoms with Crippen molar-refractivity contribution in [1.29, 1.82) is 0 Å². The third kappa shape index (κ3) is 3.11. The van der Waals surface area contributed by atoms with E-state index in [-0.39, 0.29) is 5.82 Å². The minimum Gasteiger partial charge on any atom is -0.383 e. The molecule has 3 aromatic heterocycles. The maximum atomic E-state index is 13.8. The number of anilines is 1. The van der Waals surface area contributed by atoms with Crippen molar-refractivity contribution in [3.63, 3.8) is 0 Å². The van der Waals surface area contributed by atoms with E-state index in [0.29, 0.717) is 24.5 Å². The summed E-state index contributed by atoms with van der Waals surface area (Å²) in [5.74, 6) is 0.0947. The molecule has 0 radical (unpaired) electrons. The second-order valence-electron chi connectivity index (χ2n) is 5.68. The molecule has 1 aromatic carbocycles. The Labute approximate surface area is 161 Å². The number of benzene rings is 1. The van der Waals surface area contributed by atoms with E-state index in [0.717, 1.165) is 26.8 Å². The highest BCUT2D eigenvalue weighted by molar-refractivity contribution is 14.1. The lowest BCUT2D eigenvalue weighted by atomic mass is 10.2. The second kappa shape index (κ2) is 6.94. The van der Waals surface area contributed by atoms with Crippen molar-refractivity contribution in [1.82, 2.24) is 34.7 Å². The number of nitrogens with two attached hydrogens (primary N) is 1. The zero-order chi connectivity index (χ0) is 18.1. The van der Waals surface area contributed by atoms with Gasteiger partial charge in [0.05, 0.1) is 17.3 Å². The Balaban J connectivity index is 1.46. The van der Waals surface area contributed by atoms with Gasteiger partial charge in [0.25, 0.3) is 0 Å². The van der Waals surface area contributed by atoms with Crippen LogP contribution in [0.1, 0.15) is 12.1 Å². The van der Waals surface area contributed by atoms with Crippen molar-refractivity contribution in [2.45, 2.75) is 19.4 Å². The SMILES string of the molecule is Nc1ncnc2c1c(I)nn2CCCc1cn(-c2ccccc2F)nn1. The van der Waals surface area contributed by atoms with Gasteiger partial charge in [-0.1, -0.05) is 17.3 Å². The molecule has 0 saturated carbocycles. The van der Waals surface area contributed by atoms with Crippen LogP contribution in [0.5, 0.6) is 0 Å². The predicted octanol–water partition coefficient (Wildman–Crippen LogP) is 2.37. The molecular weight excluding hydrogens is 450 g/mol. The molecule has 0 atom stereocenters. The van der Waals surface area contributed by atoms with Gasteiger partial charge in [0.2, 0.25) is 0 Å². The van der Waals surface area contributed by atoms with Crippen LogP contribution in [-0.2, 0) is 13.0 Å². The van der Waals surface area contributed by atoms with Crippen LogP contribution in [0.15, 0.2) is 36.8 Å². The number of nitrogens with zero attached hydrogens (tertiary/aromatic N) is 7. The van der Waals surface area contributed by atoms with Crippen molar-refractivity contribution in [3.05, 3.63) is 52.0 Å². The molecule has 0 amide bonds. The van der Waals surface area contributed by atoms with Gasteiger partial charge in [-0.05, 0) is 47.6 Å². The first-order valence-electron chi connectivity index (χ1n) is 7.92. The molecular formula is C16H14FIN8. The first-order chi connectivity index (χ1) is 12.6. The van der Waals surface area contributed by atoms with E-state index >= 15 is 0 Å². The molecule has 10 heteroatoms. The van der Waals surface area contributed by atoms with Crippen LogP contribution >= 0.6 is 22.6 Å². The number of nitrogen functional groups attached to an aromatic ring is 1. The smallest absolute Gasteiger partial charge is 0.164 e. The van der Waals surface area contributed by atoms with Crippen LogP contribution in [0.2, 0.25) is 0 Å². The third-order valence-electron chi connectivity index (χ3n) is 3.96. The van der Waals surface area contributed by atoms with E-state index in [9.17, 15) is 4.39 Å². The lowest BCUT2D eigenvalue weighted by molar-refractivity contribution is 0.584. The molecule has 0 aliphatic heterocycles. The van der Waals surface area contributed by atoms with Crippen LogP contribution in [0.25, 0.3) is 16.7 Å². The topological polar surface area (TPSA) is 100 Å². The number of hydrogen-bond acceptors (Lipinski definition) is 6. The lowest BCUT2D eigenvalue weighted by Crippen LogP contribution is -2.03. The maximum absolute atomic E-state index is 13.8. The molecule has 26 heavy (non-hydrogen) atoms. The molecule has 0 bridgehead atoms. The van der Waals surface area contributed by atoms with Crippen molar-refractivity contribution in [2.75, 3.05) is 5.73 Å². The second-order valence-corrected chi connectivity index (χ2v) is 6.70. The third-order valence-corrected chi connectivity index (χ3v) is 4.71. The van der Waals surface area contributed by atoms with E-state index in [1.54, 1.807) is 24.4 Å². The summed E-state index contributed by atoms with van der Waals surface area (Å²) >= 11 is 2.13. The van der Waals surface area contributed by atoms with E-state index in [1.807, 2.05) is 4.68 Å². The number of aryl methyl sites for hydroxylation is 2. The fourth-order valence-corrected chi connectivity index (χ4v) is 3.50. The van der Waals surface area contributed by atoms with Crippen molar-refractivity contribution < 1.29 is 4.39 Å². The van der Waals surface area contributed by atoms with Gasteiger partial charge in [-0.25, -0.2) is 23.7 Å². The van der Waals surface area contributed by atoms with E-state index in [4.69, 9.17) is 5.73 Å². The quantitative estimate of drug-likeness (QED) is 0.456. The predicted molar refractivity (Wildman–Crippen MR) is 102 cm³/mol. The summed E-state index contributed by atoms with van der Waals surface area (Å²) in [4.78, 5) is 8.28. The monoisotopic (exact) mass is 464 g/mol. The Bertz CT molecular complexity index is 1070. The van der Waals surface area contributed by atoms with Gasteiger partial charge in [-0.15, -0.1) is 5.10 Å². The molecule has 0 saturated heterocycles. The summed E-state index contributed by atoms with van der Waals surface area (Å²) in [6, 6.07) is 6.46. The fourth-order valence-electron chi connectivity index (χ4n) is 2.72. The van der Waals surface area contributed by atoms with Gasteiger partial charge in [-0.2, -0.15) is 5.10 Å². The summed E-state index contributed by atoms with van der Waals surface area (Å²) in [6.45, 7) is 0.655. The average molecular weight is 464 g/mol. The van der Waals surface area contributed by atoms with Crippen LogP contribution in [0.4, 0.5) is 10.2 Å². The molecule has 4 aromatic rings. The normalized spacial score (nSPS) is 11.3. The number of para-hydroxylation sites is 1. The molecule has 0 spiro atoms. The Morgan fingerprint density at radius 3 is 2.88 bits per heavy atom. The van der Waals surface area contributed by atoms with Gasteiger partial charge in [0.1, 0.15) is 27.4 Å². The highest BCUT2D eigenvalue weighted by atomic mass is 127. The largest absolute Gasteiger partial charge is 0.383 e. The van der Waals surface area contributed by atoms with Crippen LogP contribution in [-0.4, -0.2) is 34.7 Å². The number of fused-ring (bicyclic) bond motifs is 1. The van der Waals surface area contributed by atoms with Gasteiger partial charge < -0.3 is 5.73 Å². The van der Waals surface area contributed by atoms with Crippen LogP contribution in [0, 0.1) is 9.52 Å². The summed E-state index contributed by atoms with van der Waals surface area (Å²) in [7, 11) is 0. The van der Waals surface area contributed by atoms with Gasteiger partial charge in [-0.3, -0.25) is 0 Å². The standard InChI is InChI=1S/C16H14FIN8/c17-11-5-1-2-6-12(11)26-8-10(22-24-26)4-3-7-25-16-13(14(18)23-25)15(19)20-9-21-16/h1-2,5-6,8-9H,3-4,7H2,(H2,19,20,21). The van der Waals surface area contributed by atoms with Crippen LogP contribution < -0.4 is 5.73 Å². The van der Waals surface area contributed by atoms with Crippen molar-refractivity contribution in [3.8, 4) is 5.69 Å². The van der Waals surface area contributed by atoms with E-state index < -0.39 is 0 Å². The molecule has 0 unspecified atom stereocenters. The summed E-state index contributed by atoms with van der Waals surface area (Å²) in [6.07, 6.45) is 4.65. The molecule has 0 aliphatic carbocycles. The Morgan fingerprint density at radius 2 is 2.04 bits per heavy atom. The summed E-state index contributed by atoms with van der Waals surface area (Å²) in [5, 5.41) is 13.4. The average Bonchev–Trinajstić information content (AvgIpc) is 3.21. The number of aromatic nitrogens is 7. The maximum Gasteiger partial charge on any atom is 0.164 e. The molecule has 0 aliphatic rings. The highest BCUT2D eigenvalue weighted by Gasteiger charge is 2.13. The first kappa shape index (κ1) is 16.8. The molecule has 132 valence electrons. The van der Waals surface area contributed by atoms with Crippen LogP contribution in [0.3, 0.4) is 0 Å². The summed E-state index contributed by atoms with van der Waals surface area (Å²) < 4.78 is 17.9. The fraction of sp³-hybridized carbons (Fsp3) is 0.188. The van der Waals surface area contributed by atoms with Gasteiger partial charge >= 0.3 is 0 Å². The number of halogens is 2. The zero-order valence-electron chi connectivity index (χ0n) is 13.5. The lowest BCUT2D eigenvalue weighted by Gasteiger charge is -2.02. The number of rotatable bonds is 5. The molecule has 4 rings (SSSR count).